The third-order valence-electron chi connectivity index (χ3n) is 6.08. The predicted octanol–water partition coefficient (Wildman–Crippen LogP) is 4.93. The van der Waals surface area contributed by atoms with Crippen LogP contribution in [0.25, 0.3) is 10.9 Å². The third kappa shape index (κ3) is 6.29. The number of nitrogens with one attached hydrogen (secondary N) is 2. The lowest BCUT2D eigenvalue weighted by atomic mass is 10.1. The number of rotatable bonds is 7. The highest BCUT2D eigenvalue weighted by atomic mass is 19.4. The summed E-state index contributed by atoms with van der Waals surface area (Å²) in [5.41, 5.74) is 1.40. The summed E-state index contributed by atoms with van der Waals surface area (Å²) in [6, 6.07) is 14.3. The standard InChI is InChI=1S/C26H27F3N4O2/c1-2-24(34)31-21-13-14-33(16-21)23-11-6-18-15-20(9-10-22(18)32-23)30-25(35)12-5-17-3-7-19(8-4-17)26(27,28)29/h3-4,6-11,15,21H,2,5,12-14,16H2,1H3,(H,30,35)(H,31,34). The van der Waals surface area contributed by atoms with E-state index < -0.39 is 11.7 Å². The fourth-order valence-electron chi connectivity index (χ4n) is 4.13. The molecule has 1 fully saturated rings. The summed E-state index contributed by atoms with van der Waals surface area (Å²) in [6.07, 6.45) is -2.52. The fourth-order valence-corrected chi connectivity index (χ4v) is 4.13. The SMILES string of the molecule is CCC(=O)NC1CCN(c2ccc3cc(NC(=O)CCc4ccc(C(F)(F)F)cc4)ccc3n2)C1. The van der Waals surface area contributed by atoms with Crippen LogP contribution in [0.1, 0.15) is 37.3 Å². The number of alkyl halides is 3. The molecule has 184 valence electrons. The second kappa shape index (κ2) is 10.3. The van der Waals surface area contributed by atoms with Gasteiger partial charge in [-0.05, 0) is 60.9 Å². The van der Waals surface area contributed by atoms with Gasteiger partial charge in [-0.2, -0.15) is 13.2 Å². The van der Waals surface area contributed by atoms with Gasteiger partial charge in [0.15, 0.2) is 0 Å². The molecule has 1 aromatic heterocycles. The summed E-state index contributed by atoms with van der Waals surface area (Å²) in [4.78, 5) is 30.9. The normalized spacial score (nSPS) is 15.9. The molecular formula is C26H27F3N4O2. The highest BCUT2D eigenvalue weighted by Crippen LogP contribution is 2.29. The Morgan fingerprint density at radius 3 is 2.54 bits per heavy atom. The van der Waals surface area contributed by atoms with E-state index in [2.05, 4.69) is 15.5 Å². The zero-order valence-electron chi connectivity index (χ0n) is 19.4. The first-order valence-electron chi connectivity index (χ1n) is 11.6. The average Bonchev–Trinajstić information content (AvgIpc) is 3.30. The van der Waals surface area contributed by atoms with E-state index in [0.717, 1.165) is 48.4 Å². The van der Waals surface area contributed by atoms with Crippen molar-refractivity contribution in [2.24, 2.45) is 0 Å². The molecule has 4 rings (SSSR count). The molecule has 0 bridgehead atoms. The molecule has 0 spiro atoms. The predicted molar refractivity (Wildman–Crippen MR) is 129 cm³/mol. The molecule has 35 heavy (non-hydrogen) atoms. The number of amides is 2. The molecule has 1 aliphatic rings. The largest absolute Gasteiger partial charge is 0.416 e. The number of aromatic nitrogens is 1. The molecule has 3 aromatic rings. The van der Waals surface area contributed by atoms with Crippen LogP contribution < -0.4 is 15.5 Å². The molecular weight excluding hydrogens is 457 g/mol. The lowest BCUT2D eigenvalue weighted by Gasteiger charge is -2.18. The molecule has 2 heterocycles. The van der Waals surface area contributed by atoms with Crippen molar-refractivity contribution in [3.05, 3.63) is 65.7 Å². The summed E-state index contributed by atoms with van der Waals surface area (Å²) in [6.45, 7) is 3.38. The summed E-state index contributed by atoms with van der Waals surface area (Å²) in [7, 11) is 0. The van der Waals surface area contributed by atoms with Crippen LogP contribution in [0, 0.1) is 0 Å². The molecule has 0 radical (unpaired) electrons. The lowest BCUT2D eigenvalue weighted by molar-refractivity contribution is -0.137. The molecule has 6 nitrogen and oxygen atoms in total. The molecule has 1 unspecified atom stereocenters. The van der Waals surface area contributed by atoms with Crippen LogP contribution in [0.5, 0.6) is 0 Å². The van der Waals surface area contributed by atoms with Crippen molar-refractivity contribution in [3.8, 4) is 0 Å². The number of carbonyl (C=O) groups is 2. The highest BCUT2D eigenvalue weighted by Gasteiger charge is 2.30. The first kappa shape index (κ1) is 24.5. The number of aryl methyl sites for hydroxylation is 1. The summed E-state index contributed by atoms with van der Waals surface area (Å²) in [5.74, 6) is 0.683. The summed E-state index contributed by atoms with van der Waals surface area (Å²) < 4.78 is 38.0. The number of nitrogens with zero attached hydrogens (tertiary/aromatic N) is 2. The van der Waals surface area contributed by atoms with Crippen molar-refractivity contribution in [1.82, 2.24) is 10.3 Å². The Bertz CT molecular complexity index is 1210. The third-order valence-corrected chi connectivity index (χ3v) is 6.08. The van der Waals surface area contributed by atoms with Gasteiger partial charge in [-0.25, -0.2) is 4.98 Å². The van der Waals surface area contributed by atoms with Crippen molar-refractivity contribution in [3.63, 3.8) is 0 Å². The maximum absolute atomic E-state index is 12.7. The van der Waals surface area contributed by atoms with E-state index >= 15 is 0 Å². The molecule has 1 atom stereocenters. The number of fused-ring (bicyclic) bond motifs is 1. The van der Waals surface area contributed by atoms with Gasteiger partial charge < -0.3 is 15.5 Å². The second-order valence-electron chi connectivity index (χ2n) is 8.67. The van der Waals surface area contributed by atoms with Crippen LogP contribution >= 0.6 is 0 Å². The molecule has 1 aliphatic heterocycles. The Hall–Kier alpha value is -3.62. The minimum absolute atomic E-state index is 0.0530. The zero-order chi connectivity index (χ0) is 25.0. The first-order valence-corrected chi connectivity index (χ1v) is 11.6. The van der Waals surface area contributed by atoms with E-state index in [9.17, 15) is 22.8 Å². The van der Waals surface area contributed by atoms with Crippen molar-refractivity contribution >= 4 is 34.2 Å². The fraction of sp³-hybridized carbons (Fsp3) is 0.346. The number of pyridine rings is 1. The van der Waals surface area contributed by atoms with Crippen LogP contribution in [0.3, 0.4) is 0 Å². The van der Waals surface area contributed by atoms with Gasteiger partial charge in [0.25, 0.3) is 0 Å². The average molecular weight is 485 g/mol. The van der Waals surface area contributed by atoms with E-state index in [1.165, 1.54) is 12.1 Å². The topological polar surface area (TPSA) is 74.3 Å². The first-order chi connectivity index (χ1) is 16.7. The van der Waals surface area contributed by atoms with Crippen LogP contribution in [-0.2, 0) is 22.2 Å². The molecule has 2 N–H and O–H groups in total. The van der Waals surface area contributed by atoms with E-state index in [-0.39, 0.29) is 24.3 Å². The Balaban J connectivity index is 1.33. The van der Waals surface area contributed by atoms with Crippen LogP contribution in [0.15, 0.2) is 54.6 Å². The smallest absolute Gasteiger partial charge is 0.354 e. The Kier molecular flexibility index (Phi) is 7.23. The number of anilines is 2. The zero-order valence-corrected chi connectivity index (χ0v) is 19.4. The van der Waals surface area contributed by atoms with Crippen molar-refractivity contribution in [2.45, 2.75) is 44.8 Å². The summed E-state index contributed by atoms with van der Waals surface area (Å²) >= 11 is 0. The van der Waals surface area contributed by atoms with Gasteiger partial charge in [-0.3, -0.25) is 9.59 Å². The number of hydrogen-bond acceptors (Lipinski definition) is 4. The molecule has 2 amide bonds. The quantitative estimate of drug-likeness (QED) is 0.499. The monoisotopic (exact) mass is 484 g/mol. The van der Waals surface area contributed by atoms with Gasteiger partial charge in [-0.15, -0.1) is 0 Å². The Morgan fingerprint density at radius 2 is 1.83 bits per heavy atom. The van der Waals surface area contributed by atoms with Gasteiger partial charge in [0.2, 0.25) is 11.8 Å². The molecule has 1 saturated heterocycles. The Labute approximate surface area is 201 Å². The Morgan fingerprint density at radius 1 is 1.06 bits per heavy atom. The summed E-state index contributed by atoms with van der Waals surface area (Å²) in [5, 5.41) is 6.75. The van der Waals surface area contributed by atoms with Crippen LogP contribution in [0.4, 0.5) is 24.7 Å². The van der Waals surface area contributed by atoms with Gasteiger partial charge in [0, 0.05) is 43.0 Å². The van der Waals surface area contributed by atoms with E-state index in [4.69, 9.17) is 4.98 Å². The van der Waals surface area contributed by atoms with E-state index in [1.807, 2.05) is 31.2 Å². The van der Waals surface area contributed by atoms with E-state index in [1.54, 1.807) is 6.07 Å². The molecule has 2 aromatic carbocycles. The molecule has 0 saturated carbocycles. The maximum atomic E-state index is 12.7. The van der Waals surface area contributed by atoms with Gasteiger partial charge in [-0.1, -0.05) is 19.1 Å². The number of benzene rings is 2. The minimum atomic E-state index is -4.37. The minimum Gasteiger partial charge on any atom is -0.354 e. The maximum Gasteiger partial charge on any atom is 0.416 e. The van der Waals surface area contributed by atoms with Gasteiger partial charge in [0.1, 0.15) is 5.82 Å². The number of hydrogen-bond donors (Lipinski definition) is 2. The lowest BCUT2D eigenvalue weighted by Crippen LogP contribution is -2.36. The van der Waals surface area contributed by atoms with Crippen LogP contribution in [-0.4, -0.2) is 35.9 Å². The van der Waals surface area contributed by atoms with Crippen molar-refractivity contribution in [1.29, 1.82) is 0 Å². The van der Waals surface area contributed by atoms with Crippen molar-refractivity contribution in [2.75, 3.05) is 23.3 Å². The van der Waals surface area contributed by atoms with Gasteiger partial charge >= 0.3 is 6.18 Å². The van der Waals surface area contributed by atoms with Gasteiger partial charge in [0.05, 0.1) is 11.1 Å². The number of carbonyl (C=O) groups excluding carboxylic acids is 2. The molecule has 9 heteroatoms. The number of halogens is 3. The highest BCUT2D eigenvalue weighted by molar-refractivity contribution is 5.94. The van der Waals surface area contributed by atoms with Crippen molar-refractivity contribution < 1.29 is 22.8 Å². The second-order valence-corrected chi connectivity index (χ2v) is 8.67. The van der Waals surface area contributed by atoms with Crippen LogP contribution in [0.2, 0.25) is 0 Å². The van der Waals surface area contributed by atoms with E-state index in [0.29, 0.717) is 24.1 Å². The molecule has 0 aliphatic carbocycles.